The number of pyridine rings is 2. The Balaban J connectivity index is 1.54. The first kappa shape index (κ1) is 27.5. The molecular formula is C27H31ClN6O3S. The van der Waals surface area contributed by atoms with Crippen molar-refractivity contribution in [1.82, 2.24) is 9.97 Å². The minimum absolute atomic E-state index is 0.0711. The van der Waals surface area contributed by atoms with Gasteiger partial charge in [-0.1, -0.05) is 37.3 Å². The number of primary amides is 1. The Bertz CT molecular complexity index is 1290. The molecule has 0 saturated heterocycles. The molecule has 0 unspecified atom stereocenters. The van der Waals surface area contributed by atoms with Gasteiger partial charge in [0, 0.05) is 11.1 Å². The fourth-order valence-corrected chi connectivity index (χ4v) is 5.88. The van der Waals surface area contributed by atoms with Gasteiger partial charge in [-0.15, -0.1) is 11.3 Å². The Labute approximate surface area is 230 Å². The number of amides is 3. The smallest absolute Gasteiger partial charge is 0.267 e. The molecule has 0 spiro atoms. The molecule has 3 heterocycles. The molecule has 1 aliphatic carbocycles. The van der Waals surface area contributed by atoms with Crippen molar-refractivity contribution in [2.75, 3.05) is 15.5 Å². The lowest BCUT2D eigenvalue weighted by molar-refractivity contribution is -0.119. The van der Waals surface area contributed by atoms with Gasteiger partial charge in [-0.25, -0.2) is 4.98 Å². The van der Waals surface area contributed by atoms with Crippen LogP contribution in [-0.2, 0) is 9.59 Å². The second-order valence-electron chi connectivity index (χ2n) is 9.53. The highest BCUT2D eigenvalue weighted by Crippen LogP contribution is 2.36. The van der Waals surface area contributed by atoms with Crippen LogP contribution in [0.15, 0.2) is 42.7 Å². The Morgan fingerprint density at radius 1 is 1.21 bits per heavy atom. The Kier molecular flexibility index (Phi) is 8.96. The summed E-state index contributed by atoms with van der Waals surface area (Å²) < 4.78 is 0. The molecule has 0 bridgehead atoms. The van der Waals surface area contributed by atoms with Gasteiger partial charge in [0.05, 0.1) is 39.3 Å². The molecule has 0 aromatic carbocycles. The minimum Gasteiger partial charge on any atom is -0.376 e. The highest BCUT2D eigenvalue weighted by atomic mass is 35.5. The van der Waals surface area contributed by atoms with Crippen molar-refractivity contribution >= 4 is 57.5 Å². The van der Waals surface area contributed by atoms with Gasteiger partial charge in [-0.05, 0) is 56.5 Å². The zero-order chi connectivity index (χ0) is 27.2. The highest BCUT2D eigenvalue weighted by molar-refractivity contribution is 7.16. The molecule has 9 nitrogen and oxygen atoms in total. The lowest BCUT2D eigenvalue weighted by Crippen LogP contribution is -2.44. The van der Waals surface area contributed by atoms with Gasteiger partial charge >= 0.3 is 0 Å². The summed E-state index contributed by atoms with van der Waals surface area (Å²) in [5, 5.41) is 7.52. The molecule has 0 aliphatic heterocycles. The van der Waals surface area contributed by atoms with Crippen LogP contribution in [0, 0.1) is 12.8 Å². The quantitative estimate of drug-likeness (QED) is 0.275. The van der Waals surface area contributed by atoms with Crippen LogP contribution in [0.4, 0.5) is 16.4 Å². The zero-order valence-electron chi connectivity index (χ0n) is 21.3. The first-order valence-corrected chi connectivity index (χ1v) is 13.7. The maximum absolute atomic E-state index is 13.5. The number of carbonyl (C=O) groups excluding carboxylic acids is 3. The van der Waals surface area contributed by atoms with E-state index in [9.17, 15) is 14.4 Å². The fraction of sp³-hybridized carbons (Fsp3) is 0.370. The van der Waals surface area contributed by atoms with Gasteiger partial charge in [-0.2, -0.15) is 0 Å². The average Bonchev–Trinajstić information content (AvgIpc) is 3.59. The van der Waals surface area contributed by atoms with Gasteiger partial charge in [0.25, 0.3) is 5.91 Å². The topological polar surface area (TPSA) is 130 Å². The van der Waals surface area contributed by atoms with Gasteiger partial charge in [0.15, 0.2) is 0 Å². The van der Waals surface area contributed by atoms with Crippen molar-refractivity contribution < 1.29 is 14.4 Å². The van der Waals surface area contributed by atoms with Crippen LogP contribution in [0.3, 0.4) is 0 Å². The molecule has 38 heavy (non-hydrogen) atoms. The van der Waals surface area contributed by atoms with E-state index in [1.54, 1.807) is 12.3 Å². The molecule has 0 radical (unpaired) electrons. The number of halogens is 1. The maximum Gasteiger partial charge on any atom is 0.267 e. The number of aryl methyl sites for hydroxylation is 1. The molecule has 4 N–H and O–H groups in total. The van der Waals surface area contributed by atoms with Crippen molar-refractivity contribution in [3.8, 4) is 0 Å². The number of nitrogens with zero attached hydrogens (tertiary/aromatic N) is 3. The Morgan fingerprint density at radius 3 is 2.63 bits per heavy atom. The number of carbonyl (C=O) groups is 3. The Morgan fingerprint density at radius 2 is 1.97 bits per heavy atom. The van der Waals surface area contributed by atoms with Crippen LogP contribution in [0.25, 0.3) is 0 Å². The monoisotopic (exact) mass is 554 g/mol. The summed E-state index contributed by atoms with van der Waals surface area (Å²) in [6.45, 7) is 3.93. The van der Waals surface area contributed by atoms with E-state index in [-0.39, 0.29) is 17.6 Å². The molecule has 1 fully saturated rings. The Hall–Kier alpha value is -3.50. The van der Waals surface area contributed by atoms with Crippen molar-refractivity contribution in [3.63, 3.8) is 0 Å². The number of thiophene rings is 1. The van der Waals surface area contributed by atoms with Gasteiger partial charge < -0.3 is 16.4 Å². The molecule has 3 aromatic rings. The van der Waals surface area contributed by atoms with Gasteiger partial charge in [0.2, 0.25) is 12.3 Å². The van der Waals surface area contributed by atoms with Gasteiger partial charge in [-0.3, -0.25) is 24.3 Å². The molecule has 4 rings (SSSR count). The number of aromatic nitrogens is 2. The standard InChI is InChI=1S/C27H31ClN6O3S/c1-16-22(12-19(28)13-30-16)32-17(2)24-9-10-25(38-24)34(15-35)23(11-18-5-3-4-6-18)27(37)33-20-7-8-21(26(29)36)31-14-20/h7-10,12-15,17-18,23,32H,3-6,11H2,1-2H3,(H2,29,36)(H,33,37)/t17-,23-/m0/s1. The second-order valence-corrected chi connectivity index (χ2v) is 11.1. The van der Waals surface area contributed by atoms with E-state index in [0.717, 1.165) is 48.4 Å². The van der Waals surface area contributed by atoms with Crippen LogP contribution in [-0.4, -0.2) is 34.2 Å². The number of hydrogen-bond acceptors (Lipinski definition) is 7. The molecule has 11 heteroatoms. The van der Waals surface area contributed by atoms with Crippen molar-refractivity contribution in [2.24, 2.45) is 11.7 Å². The third-order valence-electron chi connectivity index (χ3n) is 6.79. The summed E-state index contributed by atoms with van der Waals surface area (Å²) in [7, 11) is 0. The normalized spacial score (nSPS) is 15.0. The van der Waals surface area contributed by atoms with Crippen molar-refractivity contribution in [1.29, 1.82) is 0 Å². The molecule has 3 amide bonds. The minimum atomic E-state index is -0.694. The molecule has 3 aromatic heterocycles. The summed E-state index contributed by atoms with van der Waals surface area (Å²) in [6, 6.07) is 7.93. The number of anilines is 3. The van der Waals surface area contributed by atoms with Crippen LogP contribution in [0.1, 0.15) is 66.1 Å². The first-order chi connectivity index (χ1) is 18.2. The molecular weight excluding hydrogens is 524 g/mol. The van der Waals surface area contributed by atoms with E-state index in [4.69, 9.17) is 17.3 Å². The van der Waals surface area contributed by atoms with Crippen LogP contribution < -0.4 is 21.3 Å². The summed E-state index contributed by atoms with van der Waals surface area (Å²) in [5.74, 6) is -0.589. The predicted molar refractivity (Wildman–Crippen MR) is 151 cm³/mol. The number of nitrogens with two attached hydrogens (primary N) is 1. The van der Waals surface area contributed by atoms with Crippen LogP contribution >= 0.6 is 22.9 Å². The van der Waals surface area contributed by atoms with E-state index in [1.807, 2.05) is 32.0 Å². The third-order valence-corrected chi connectivity index (χ3v) is 8.27. The summed E-state index contributed by atoms with van der Waals surface area (Å²) in [6.07, 6.45) is 8.61. The molecule has 2 atom stereocenters. The lowest BCUT2D eigenvalue weighted by Gasteiger charge is -2.28. The average molecular weight is 555 g/mol. The van der Waals surface area contributed by atoms with Gasteiger partial charge in [0.1, 0.15) is 11.7 Å². The van der Waals surface area contributed by atoms with E-state index < -0.39 is 11.9 Å². The predicted octanol–water partition coefficient (Wildman–Crippen LogP) is 5.32. The summed E-state index contributed by atoms with van der Waals surface area (Å²) in [4.78, 5) is 48.0. The van der Waals surface area contributed by atoms with Crippen LogP contribution in [0.5, 0.6) is 0 Å². The number of nitrogens with one attached hydrogen (secondary N) is 2. The van der Waals surface area contributed by atoms with E-state index >= 15 is 0 Å². The number of hydrogen-bond donors (Lipinski definition) is 3. The highest BCUT2D eigenvalue weighted by Gasteiger charge is 2.32. The van der Waals surface area contributed by atoms with Crippen molar-refractivity contribution in [2.45, 2.75) is 58.0 Å². The largest absolute Gasteiger partial charge is 0.376 e. The maximum atomic E-state index is 13.5. The molecule has 200 valence electrons. The van der Waals surface area contributed by atoms with E-state index in [0.29, 0.717) is 28.0 Å². The molecule has 1 saturated carbocycles. The van der Waals surface area contributed by atoms with E-state index in [2.05, 4.69) is 20.6 Å². The fourth-order valence-electron chi connectivity index (χ4n) is 4.70. The summed E-state index contributed by atoms with van der Waals surface area (Å²) >= 11 is 7.57. The van der Waals surface area contributed by atoms with Crippen molar-refractivity contribution in [3.05, 3.63) is 64.0 Å². The third kappa shape index (κ3) is 6.68. The second kappa shape index (κ2) is 12.4. The zero-order valence-corrected chi connectivity index (χ0v) is 22.9. The first-order valence-electron chi connectivity index (χ1n) is 12.5. The SMILES string of the molecule is Cc1ncc(Cl)cc1N[C@@H](C)c1ccc(N(C=O)[C@@H](CC2CCCC2)C(=O)Nc2ccc(C(N)=O)nc2)s1. The number of rotatable bonds is 11. The molecule has 1 aliphatic rings. The lowest BCUT2D eigenvalue weighted by atomic mass is 9.97. The van der Waals surface area contributed by atoms with Crippen LogP contribution in [0.2, 0.25) is 5.02 Å². The van der Waals surface area contributed by atoms with E-state index in [1.165, 1.54) is 28.5 Å². The summed E-state index contributed by atoms with van der Waals surface area (Å²) in [5.41, 5.74) is 7.46.